The lowest BCUT2D eigenvalue weighted by molar-refractivity contribution is -0.283. The van der Waals surface area contributed by atoms with Crippen LogP contribution in [0.3, 0.4) is 0 Å². The third-order valence-corrected chi connectivity index (χ3v) is 18.3. The predicted molar refractivity (Wildman–Crippen MR) is 381 cm³/mol. The molecule has 12 rings (SSSR count). The average molecular weight is 1730 g/mol. The lowest BCUT2D eigenvalue weighted by atomic mass is 9.92. The van der Waals surface area contributed by atoms with E-state index in [1.807, 2.05) is 0 Å². The Balaban J connectivity index is 0.939. The fourth-order valence-corrected chi connectivity index (χ4v) is 12.2. The van der Waals surface area contributed by atoms with Gasteiger partial charge in [0.15, 0.2) is 163 Å². The van der Waals surface area contributed by atoms with Crippen LogP contribution in [0, 0.1) is 0 Å². The molecule has 10 atom stereocenters. The molecule has 9 aromatic carbocycles. The van der Waals surface area contributed by atoms with Crippen molar-refractivity contribution in [2.24, 2.45) is 0 Å². The summed E-state index contributed by atoms with van der Waals surface area (Å²) >= 11 is 0. The minimum Gasteiger partial charge on any atom is -0.504 e. The van der Waals surface area contributed by atoms with E-state index in [2.05, 4.69) is 0 Å². The maximum absolute atomic E-state index is 15.4. The SMILES string of the molecule is O=C(OCC1OC(OC(=O)c2cc(O)c(O)c(O)c2)C(OC(=O)c2cc(O)c(O)c(O)c2Oc2cc(C(=O)OC3OC4COC(=O)c5cc(O)c(O)c(O)c5-c5c(cc(O)c(O)c5O)C(=O)OC4C(OC(=O)c4cc(O)c(O)c(O)c4)C3O)cc(O)c2O)C(OC(=O)c2cc(O)c(O)c(O)c2)C1OC(=O)c1cc(O)c(O)c(O)c1)c1cc(O)c(O)c(O)c1. The van der Waals surface area contributed by atoms with E-state index in [0.29, 0.717) is 84.9 Å². The van der Waals surface area contributed by atoms with Crippen LogP contribution in [0.2, 0.25) is 0 Å². The Labute approximate surface area is 677 Å². The molecule has 0 aliphatic carbocycles. The van der Waals surface area contributed by atoms with Crippen molar-refractivity contribution in [1.82, 2.24) is 0 Å². The Morgan fingerprint density at radius 3 is 1.08 bits per heavy atom. The molecule has 0 amide bonds. The number of aliphatic hydroxyl groups is 1. The van der Waals surface area contributed by atoms with Gasteiger partial charge in [0.05, 0.1) is 44.5 Å². The Hall–Kier alpha value is -17.3. The molecular formula is C75H56O48. The van der Waals surface area contributed by atoms with Gasteiger partial charge in [0.1, 0.15) is 31.0 Å². The van der Waals surface area contributed by atoms with Crippen LogP contribution in [0.15, 0.2) is 91.0 Å². The third kappa shape index (κ3) is 16.2. The van der Waals surface area contributed by atoms with E-state index in [1.54, 1.807) is 0 Å². The molecule has 0 saturated carbocycles. The average Bonchev–Trinajstić information content (AvgIpc) is 1.65. The van der Waals surface area contributed by atoms with Gasteiger partial charge >= 0.3 is 53.7 Å². The maximum Gasteiger partial charge on any atom is 0.342 e. The van der Waals surface area contributed by atoms with Gasteiger partial charge in [0.25, 0.3) is 0 Å². The van der Waals surface area contributed by atoms with E-state index in [1.165, 1.54) is 0 Å². The lowest BCUT2D eigenvalue weighted by Gasteiger charge is -2.44. The molecule has 123 heavy (non-hydrogen) atoms. The standard InChI is InChI=1S/C75H56O48/c76-27-1-18(2-28(77)46(27)90)65(103)112-16-43-61(117-66(104)19-3-29(78)47(91)30(79)4-19)63(120-68(106)21-7-33(82)49(93)34(83)8-21)64(75(116-43)123-69(107)22-9-35(84)50(94)36(85)10-22)121-73(111)26-15-40(89)54(98)57(101)59(26)114-41-12-23(11-37(86)51(41)95)70(108)122-74-58(102)62(119-67(105)20-5-31(80)48(92)32(81)6-20)60-42(115-74)17-113-71(109)24-13-38(87)52(96)55(99)44(24)45-25(72(110)118-60)14-39(88)53(97)56(45)100/h1-15,42-43,58,60-64,74-102H,16-17H2. The van der Waals surface area contributed by atoms with Crippen LogP contribution in [0.25, 0.3) is 11.1 Å². The molecule has 48 heteroatoms. The third-order valence-electron chi connectivity index (χ3n) is 18.3. The topological polar surface area (TPSA) is 811 Å². The summed E-state index contributed by atoms with van der Waals surface area (Å²) in [5.41, 5.74) is -12.1. The van der Waals surface area contributed by atoms with Gasteiger partial charge < -0.3 is 195 Å². The molecule has 3 aliphatic rings. The van der Waals surface area contributed by atoms with E-state index in [9.17, 15) is 176 Å². The minimum atomic E-state index is -3.04. The van der Waals surface area contributed by atoms with Crippen LogP contribution in [0.1, 0.15) is 93.2 Å². The number of esters is 9. The molecule has 2 saturated heterocycles. The number of rotatable bonds is 17. The first-order valence-electron chi connectivity index (χ1n) is 34.0. The van der Waals surface area contributed by atoms with Gasteiger partial charge in [-0.2, -0.15) is 0 Å². The number of fused-ring (bicyclic) bond motifs is 4. The Morgan fingerprint density at radius 2 is 0.650 bits per heavy atom. The lowest BCUT2D eigenvalue weighted by Crippen LogP contribution is -2.63. The number of aromatic hydroxyl groups is 26. The molecule has 9 aromatic rings. The number of phenols is 26. The second-order valence-corrected chi connectivity index (χ2v) is 26.2. The molecule has 2 fully saturated rings. The van der Waals surface area contributed by atoms with Gasteiger partial charge in [-0.15, -0.1) is 0 Å². The number of hydrogen-bond donors (Lipinski definition) is 27. The molecular weight excluding hydrogens is 1670 g/mol. The van der Waals surface area contributed by atoms with Crippen molar-refractivity contribution in [3.05, 3.63) is 141 Å². The van der Waals surface area contributed by atoms with Gasteiger partial charge in [-0.05, 0) is 84.9 Å². The first-order chi connectivity index (χ1) is 57.8. The highest BCUT2D eigenvalue weighted by atomic mass is 16.8. The van der Waals surface area contributed by atoms with Crippen molar-refractivity contribution in [1.29, 1.82) is 0 Å². The summed E-state index contributed by atoms with van der Waals surface area (Å²) in [5.74, 6) is -55.4. The Morgan fingerprint density at radius 1 is 0.317 bits per heavy atom. The summed E-state index contributed by atoms with van der Waals surface area (Å²) in [5, 5.41) is 288. The van der Waals surface area contributed by atoms with Crippen LogP contribution < -0.4 is 4.74 Å². The highest BCUT2D eigenvalue weighted by Gasteiger charge is 2.57. The predicted octanol–water partition coefficient (Wildman–Crippen LogP) is 2.77. The molecule has 10 unspecified atom stereocenters. The number of carbonyl (C=O) groups is 9. The van der Waals surface area contributed by atoms with Crippen LogP contribution in [-0.2, 0) is 52.1 Å². The molecule has 644 valence electrons. The normalized spacial score (nSPS) is 19.1. The van der Waals surface area contributed by atoms with E-state index in [0.717, 1.165) is 0 Å². The number of aliphatic hydroxyl groups excluding tert-OH is 1. The van der Waals surface area contributed by atoms with E-state index in [4.69, 9.17) is 56.8 Å². The molecule has 0 spiro atoms. The highest BCUT2D eigenvalue weighted by molar-refractivity contribution is 6.09. The molecule has 0 aromatic heterocycles. The second kappa shape index (κ2) is 32.6. The molecule has 0 bridgehead atoms. The minimum absolute atomic E-state index is 0.121. The number of carbonyl (C=O) groups excluding carboxylic acids is 9. The number of phenolic OH excluding ortho intramolecular Hbond substituents is 26. The van der Waals surface area contributed by atoms with Crippen LogP contribution >= 0.6 is 0 Å². The number of hydrogen-bond acceptors (Lipinski definition) is 48. The molecule has 27 N–H and O–H groups in total. The number of benzene rings is 9. The Kier molecular flexibility index (Phi) is 22.6. The summed E-state index contributed by atoms with van der Waals surface area (Å²) in [6.45, 7) is -2.92. The summed E-state index contributed by atoms with van der Waals surface area (Å²) < 4.78 is 67.3. The monoisotopic (exact) mass is 1720 g/mol. The zero-order valence-electron chi connectivity index (χ0n) is 60.5. The largest absolute Gasteiger partial charge is 0.504 e. The maximum atomic E-state index is 15.4. The van der Waals surface area contributed by atoms with Crippen molar-refractivity contribution < 1.29 is 238 Å². The summed E-state index contributed by atoms with van der Waals surface area (Å²) in [6, 6.07) is 5.80. The quantitative estimate of drug-likeness (QED) is 0.0354. The van der Waals surface area contributed by atoms with Gasteiger partial charge in [-0.3, -0.25) is 0 Å². The summed E-state index contributed by atoms with van der Waals surface area (Å²) in [4.78, 5) is 130. The van der Waals surface area contributed by atoms with Crippen molar-refractivity contribution in [3.63, 3.8) is 0 Å². The highest BCUT2D eigenvalue weighted by Crippen LogP contribution is 2.55. The van der Waals surface area contributed by atoms with Crippen LogP contribution in [-0.4, -0.2) is 266 Å². The molecule has 48 nitrogen and oxygen atoms in total. The first-order valence-corrected chi connectivity index (χ1v) is 34.0. The first kappa shape index (κ1) is 85.1. The number of cyclic esters (lactones) is 1. The van der Waals surface area contributed by atoms with Crippen molar-refractivity contribution >= 4 is 53.7 Å². The van der Waals surface area contributed by atoms with Crippen LogP contribution in [0.5, 0.6) is 161 Å². The summed E-state index contributed by atoms with van der Waals surface area (Å²) in [7, 11) is 0. The van der Waals surface area contributed by atoms with Crippen LogP contribution in [0.4, 0.5) is 0 Å². The molecule has 3 heterocycles. The zero-order valence-corrected chi connectivity index (χ0v) is 60.5. The van der Waals surface area contributed by atoms with E-state index in [-0.39, 0.29) is 6.07 Å². The van der Waals surface area contributed by atoms with Crippen molar-refractivity contribution in [3.8, 4) is 172 Å². The van der Waals surface area contributed by atoms with E-state index < -0.39 is 351 Å². The second-order valence-electron chi connectivity index (χ2n) is 26.2. The van der Waals surface area contributed by atoms with Gasteiger partial charge in [0.2, 0.25) is 47.4 Å². The fourth-order valence-electron chi connectivity index (χ4n) is 12.2. The Bertz CT molecular complexity index is 5830. The number of ether oxygens (including phenoxy) is 12. The van der Waals surface area contributed by atoms with Gasteiger partial charge in [0, 0.05) is 17.2 Å². The fraction of sp³-hybridized carbons (Fsp3) is 0.160. The molecule has 3 aliphatic heterocycles. The smallest absolute Gasteiger partial charge is 0.342 e. The summed E-state index contributed by atoms with van der Waals surface area (Å²) in [6.07, 6.45) is -27.4. The van der Waals surface area contributed by atoms with Crippen molar-refractivity contribution in [2.45, 2.75) is 61.4 Å². The van der Waals surface area contributed by atoms with E-state index >= 15 is 4.79 Å². The molecule has 0 radical (unpaired) electrons. The van der Waals surface area contributed by atoms with Gasteiger partial charge in [-0.1, -0.05) is 0 Å². The van der Waals surface area contributed by atoms with Crippen molar-refractivity contribution in [2.75, 3.05) is 13.2 Å². The zero-order chi connectivity index (χ0) is 90.0. The van der Waals surface area contributed by atoms with Gasteiger partial charge in [-0.25, -0.2) is 43.2 Å².